The molecule has 0 radical (unpaired) electrons. The van der Waals surface area contributed by atoms with Gasteiger partial charge in [-0.2, -0.15) is 0 Å². The molecule has 0 unspecified atom stereocenters. The van der Waals surface area contributed by atoms with Crippen molar-refractivity contribution >= 4 is 22.6 Å². The number of aromatic nitrogens is 1. The highest BCUT2D eigenvalue weighted by atomic mass is 16.5. The van der Waals surface area contributed by atoms with Gasteiger partial charge < -0.3 is 24.3 Å². The van der Waals surface area contributed by atoms with E-state index in [4.69, 9.17) is 9.47 Å². The van der Waals surface area contributed by atoms with Crippen molar-refractivity contribution in [3.8, 4) is 11.5 Å². The molecule has 1 aromatic heterocycles. The summed E-state index contributed by atoms with van der Waals surface area (Å²) in [7, 11) is 3.20. The summed E-state index contributed by atoms with van der Waals surface area (Å²) in [5, 5.41) is 4.28. The molecule has 30 heavy (non-hydrogen) atoms. The predicted octanol–water partition coefficient (Wildman–Crippen LogP) is 4.66. The van der Waals surface area contributed by atoms with Crippen molar-refractivity contribution in [3.05, 3.63) is 53.7 Å². The van der Waals surface area contributed by atoms with Crippen molar-refractivity contribution in [3.63, 3.8) is 0 Å². The van der Waals surface area contributed by atoms with E-state index in [1.165, 1.54) is 35.0 Å². The molecule has 0 atom stereocenters. The first-order valence-corrected chi connectivity index (χ1v) is 10.5. The number of methoxy groups -OCH3 is 2. The Hall–Kier alpha value is -3.15. The number of nitrogens with one attached hydrogen (secondary N) is 1. The Morgan fingerprint density at radius 3 is 2.73 bits per heavy atom. The van der Waals surface area contributed by atoms with E-state index < -0.39 is 0 Å². The van der Waals surface area contributed by atoms with E-state index in [2.05, 4.69) is 34.1 Å². The van der Waals surface area contributed by atoms with Gasteiger partial charge in [0, 0.05) is 54.3 Å². The maximum Gasteiger partial charge on any atom is 0.322 e. The molecule has 6 nitrogen and oxygen atoms in total. The van der Waals surface area contributed by atoms with Crippen LogP contribution >= 0.6 is 0 Å². The normalized spacial score (nSPS) is 15.7. The number of benzene rings is 2. The lowest BCUT2D eigenvalue weighted by atomic mass is 10.0. The average Bonchev–Trinajstić information content (AvgIpc) is 3.56. The molecular formula is C24H27N3O3. The largest absolute Gasteiger partial charge is 0.497 e. The SMILES string of the molecule is COc1ccc(NC(=O)N2CCc3c(c4ccccc4n3CC3CC3)C2)c(OC)c1. The van der Waals surface area contributed by atoms with E-state index in [1.54, 1.807) is 20.3 Å². The number of amides is 2. The van der Waals surface area contributed by atoms with Crippen LogP contribution in [0.1, 0.15) is 24.1 Å². The average molecular weight is 405 g/mol. The number of urea groups is 1. The minimum Gasteiger partial charge on any atom is -0.497 e. The number of carbonyl (C=O) groups is 1. The smallest absolute Gasteiger partial charge is 0.322 e. The Morgan fingerprint density at radius 1 is 1.13 bits per heavy atom. The van der Waals surface area contributed by atoms with Crippen LogP contribution in [0.5, 0.6) is 11.5 Å². The third-order valence-electron chi connectivity index (χ3n) is 6.24. The van der Waals surface area contributed by atoms with Crippen LogP contribution < -0.4 is 14.8 Å². The Balaban J connectivity index is 1.40. The molecule has 1 aliphatic heterocycles. The van der Waals surface area contributed by atoms with Gasteiger partial charge in [-0.25, -0.2) is 4.79 Å². The second-order valence-electron chi connectivity index (χ2n) is 8.16. The second-order valence-corrected chi connectivity index (χ2v) is 8.16. The molecule has 1 fully saturated rings. The highest BCUT2D eigenvalue weighted by Gasteiger charge is 2.29. The number of hydrogen-bond acceptors (Lipinski definition) is 3. The number of para-hydroxylation sites is 1. The van der Waals surface area contributed by atoms with Crippen molar-refractivity contribution in [1.82, 2.24) is 9.47 Å². The standard InChI is InChI=1S/C24H27N3O3/c1-29-17-9-10-20(23(13-17)30-2)25-24(28)26-12-11-22-19(15-26)18-5-3-4-6-21(18)27(22)14-16-7-8-16/h3-6,9-10,13,16H,7-8,11-12,14-15H2,1-2H3,(H,25,28). The van der Waals surface area contributed by atoms with E-state index in [-0.39, 0.29) is 6.03 Å². The van der Waals surface area contributed by atoms with Crippen LogP contribution in [0.4, 0.5) is 10.5 Å². The van der Waals surface area contributed by atoms with Crippen LogP contribution in [-0.4, -0.2) is 36.3 Å². The zero-order chi connectivity index (χ0) is 20.7. The number of nitrogens with zero attached hydrogens (tertiary/aromatic N) is 2. The van der Waals surface area contributed by atoms with Crippen molar-refractivity contribution in [2.75, 3.05) is 26.1 Å². The molecule has 3 aromatic rings. The summed E-state index contributed by atoms with van der Waals surface area (Å²) in [5.74, 6) is 2.09. The summed E-state index contributed by atoms with van der Waals surface area (Å²) in [5.41, 5.74) is 4.63. The molecular weight excluding hydrogens is 378 g/mol. The summed E-state index contributed by atoms with van der Waals surface area (Å²) in [6.45, 7) is 2.43. The summed E-state index contributed by atoms with van der Waals surface area (Å²) < 4.78 is 13.2. The van der Waals surface area contributed by atoms with Crippen molar-refractivity contribution < 1.29 is 14.3 Å². The van der Waals surface area contributed by atoms with Crippen LogP contribution in [0.2, 0.25) is 0 Å². The zero-order valence-corrected chi connectivity index (χ0v) is 17.5. The number of fused-ring (bicyclic) bond motifs is 3. The van der Waals surface area contributed by atoms with Crippen LogP contribution in [0.15, 0.2) is 42.5 Å². The minimum absolute atomic E-state index is 0.108. The second kappa shape index (κ2) is 7.59. The lowest BCUT2D eigenvalue weighted by molar-refractivity contribution is 0.206. The Kier molecular flexibility index (Phi) is 4.77. The minimum atomic E-state index is -0.108. The lowest BCUT2D eigenvalue weighted by Gasteiger charge is -2.29. The lowest BCUT2D eigenvalue weighted by Crippen LogP contribution is -2.39. The third kappa shape index (κ3) is 3.36. The molecule has 156 valence electrons. The van der Waals surface area contributed by atoms with Gasteiger partial charge in [0.05, 0.1) is 19.9 Å². The summed E-state index contributed by atoms with van der Waals surface area (Å²) in [6, 6.07) is 13.9. The van der Waals surface area contributed by atoms with E-state index in [0.29, 0.717) is 30.3 Å². The van der Waals surface area contributed by atoms with Gasteiger partial charge in [0.2, 0.25) is 0 Å². The van der Waals surface area contributed by atoms with Gasteiger partial charge in [0.1, 0.15) is 11.5 Å². The first-order chi connectivity index (χ1) is 14.7. The summed E-state index contributed by atoms with van der Waals surface area (Å²) >= 11 is 0. The van der Waals surface area contributed by atoms with Crippen LogP contribution in [0.3, 0.4) is 0 Å². The van der Waals surface area contributed by atoms with Crippen molar-refractivity contribution in [2.24, 2.45) is 5.92 Å². The molecule has 0 bridgehead atoms. The van der Waals surface area contributed by atoms with E-state index in [9.17, 15) is 4.79 Å². The molecule has 5 rings (SSSR count). The fourth-order valence-electron chi connectivity index (χ4n) is 4.44. The van der Waals surface area contributed by atoms with Crippen LogP contribution in [0.25, 0.3) is 10.9 Å². The molecule has 0 saturated heterocycles. The van der Waals surface area contributed by atoms with Gasteiger partial charge in [0.25, 0.3) is 0 Å². The molecule has 2 amide bonds. The van der Waals surface area contributed by atoms with Gasteiger partial charge in [-0.15, -0.1) is 0 Å². The van der Waals surface area contributed by atoms with Gasteiger partial charge in [-0.05, 0) is 37.0 Å². The zero-order valence-electron chi connectivity index (χ0n) is 17.5. The first-order valence-electron chi connectivity index (χ1n) is 10.5. The maximum absolute atomic E-state index is 13.1. The molecule has 2 aliphatic rings. The van der Waals surface area contributed by atoms with Crippen molar-refractivity contribution in [1.29, 1.82) is 0 Å². The van der Waals surface area contributed by atoms with Gasteiger partial charge in [-0.3, -0.25) is 0 Å². The maximum atomic E-state index is 13.1. The molecule has 2 heterocycles. The van der Waals surface area contributed by atoms with E-state index in [0.717, 1.165) is 18.9 Å². The number of hydrogen-bond donors (Lipinski definition) is 1. The predicted molar refractivity (Wildman–Crippen MR) is 117 cm³/mol. The van der Waals surface area contributed by atoms with Crippen molar-refractivity contribution in [2.45, 2.75) is 32.4 Å². The highest BCUT2D eigenvalue weighted by molar-refractivity contribution is 5.92. The fraction of sp³-hybridized carbons (Fsp3) is 0.375. The summed E-state index contributed by atoms with van der Waals surface area (Å²) in [4.78, 5) is 14.9. The van der Waals surface area contributed by atoms with Gasteiger partial charge in [0.15, 0.2) is 0 Å². The van der Waals surface area contributed by atoms with Crippen LogP contribution in [-0.2, 0) is 19.5 Å². The number of carbonyl (C=O) groups excluding carboxylic acids is 1. The molecule has 1 saturated carbocycles. The number of ether oxygens (including phenoxy) is 2. The van der Waals surface area contributed by atoms with Gasteiger partial charge >= 0.3 is 6.03 Å². The summed E-state index contributed by atoms with van der Waals surface area (Å²) in [6.07, 6.45) is 3.54. The fourth-order valence-corrected chi connectivity index (χ4v) is 4.44. The van der Waals surface area contributed by atoms with Crippen LogP contribution in [0, 0.1) is 5.92 Å². The quantitative estimate of drug-likeness (QED) is 0.672. The molecule has 6 heteroatoms. The Labute approximate surface area is 176 Å². The molecule has 2 aromatic carbocycles. The molecule has 0 spiro atoms. The monoisotopic (exact) mass is 405 g/mol. The van der Waals surface area contributed by atoms with E-state index in [1.807, 2.05) is 17.0 Å². The Bertz CT molecular complexity index is 1100. The van der Waals surface area contributed by atoms with E-state index >= 15 is 0 Å². The van der Waals surface area contributed by atoms with Gasteiger partial charge in [-0.1, -0.05) is 18.2 Å². The topological polar surface area (TPSA) is 55.7 Å². The highest BCUT2D eigenvalue weighted by Crippen LogP contribution is 2.37. The molecule has 1 N–H and O–H groups in total. The first kappa shape index (κ1) is 18.9. The number of anilines is 1. The number of rotatable bonds is 5. The molecule has 1 aliphatic carbocycles. The third-order valence-corrected chi connectivity index (χ3v) is 6.24. The Morgan fingerprint density at radius 2 is 1.97 bits per heavy atom.